The molecule has 0 saturated heterocycles. The summed E-state index contributed by atoms with van der Waals surface area (Å²) in [6.07, 6.45) is 6.56. The first-order valence-corrected chi connectivity index (χ1v) is 7.08. The second kappa shape index (κ2) is 5.72. The van der Waals surface area contributed by atoms with Crippen LogP contribution in [0.5, 0.6) is 0 Å². The first kappa shape index (κ1) is 14.0. The summed E-state index contributed by atoms with van der Waals surface area (Å²) in [5.41, 5.74) is 1.16. The molecular formula is C16H22O3. The van der Waals surface area contributed by atoms with Crippen molar-refractivity contribution in [1.82, 2.24) is 0 Å². The van der Waals surface area contributed by atoms with Crippen molar-refractivity contribution in [2.24, 2.45) is 23.7 Å². The second-order valence-corrected chi connectivity index (χ2v) is 5.68. The monoisotopic (exact) mass is 262 g/mol. The van der Waals surface area contributed by atoms with Gasteiger partial charge in [0, 0.05) is 0 Å². The number of rotatable bonds is 3. The van der Waals surface area contributed by atoms with Crippen molar-refractivity contribution in [2.45, 2.75) is 33.1 Å². The summed E-state index contributed by atoms with van der Waals surface area (Å²) in [7, 11) is 0. The maximum absolute atomic E-state index is 12.0. The number of fused-ring (bicyclic) bond motifs is 1. The lowest BCUT2D eigenvalue weighted by molar-refractivity contribution is -0.154. The Morgan fingerprint density at radius 3 is 2.84 bits per heavy atom. The molecule has 2 aliphatic rings. The van der Waals surface area contributed by atoms with Crippen LogP contribution >= 0.6 is 0 Å². The van der Waals surface area contributed by atoms with Crippen molar-refractivity contribution in [3.05, 3.63) is 24.3 Å². The van der Waals surface area contributed by atoms with Crippen LogP contribution in [0.4, 0.5) is 0 Å². The molecule has 0 aliphatic heterocycles. The van der Waals surface area contributed by atoms with Crippen LogP contribution in [0, 0.1) is 23.7 Å². The van der Waals surface area contributed by atoms with E-state index in [2.05, 4.69) is 6.58 Å². The van der Waals surface area contributed by atoms with Gasteiger partial charge in [-0.15, -0.1) is 0 Å². The number of ketones is 1. The normalized spacial score (nSPS) is 33.7. The third-order valence-corrected chi connectivity index (χ3v) is 4.43. The average molecular weight is 262 g/mol. The Balaban J connectivity index is 2.21. The van der Waals surface area contributed by atoms with E-state index in [1.165, 1.54) is 0 Å². The van der Waals surface area contributed by atoms with Crippen LogP contribution in [-0.4, -0.2) is 18.4 Å². The lowest BCUT2D eigenvalue weighted by Crippen LogP contribution is -2.41. The minimum absolute atomic E-state index is 0.0898. The highest BCUT2D eigenvalue weighted by molar-refractivity contribution is 6.06. The second-order valence-electron chi connectivity index (χ2n) is 5.68. The Morgan fingerprint density at radius 2 is 2.21 bits per heavy atom. The molecule has 1 fully saturated rings. The van der Waals surface area contributed by atoms with Crippen LogP contribution in [0.15, 0.2) is 24.3 Å². The Morgan fingerprint density at radius 1 is 1.47 bits per heavy atom. The number of hydrogen-bond acceptors (Lipinski definition) is 3. The topological polar surface area (TPSA) is 43.4 Å². The lowest BCUT2D eigenvalue weighted by Gasteiger charge is -2.39. The van der Waals surface area contributed by atoms with E-state index in [9.17, 15) is 9.59 Å². The van der Waals surface area contributed by atoms with Crippen LogP contribution in [0.1, 0.15) is 33.1 Å². The first-order chi connectivity index (χ1) is 9.04. The first-order valence-electron chi connectivity index (χ1n) is 7.08. The van der Waals surface area contributed by atoms with Crippen molar-refractivity contribution in [2.75, 3.05) is 6.61 Å². The minimum Gasteiger partial charge on any atom is -0.465 e. The van der Waals surface area contributed by atoms with Gasteiger partial charge in [0.15, 0.2) is 5.78 Å². The molecule has 0 heterocycles. The predicted molar refractivity (Wildman–Crippen MR) is 73.4 cm³/mol. The zero-order valence-electron chi connectivity index (χ0n) is 11.7. The third kappa shape index (κ3) is 2.80. The summed E-state index contributed by atoms with van der Waals surface area (Å²) in [6, 6.07) is 0. The van der Waals surface area contributed by atoms with Gasteiger partial charge in [-0.1, -0.05) is 18.2 Å². The maximum Gasteiger partial charge on any atom is 0.317 e. The number of allylic oxidation sites excluding steroid dienone is 3. The molecule has 0 radical (unpaired) electrons. The van der Waals surface area contributed by atoms with Crippen molar-refractivity contribution in [3.8, 4) is 0 Å². The van der Waals surface area contributed by atoms with Crippen LogP contribution in [-0.2, 0) is 14.3 Å². The standard InChI is InChI=1S/C16H22O3/c1-4-19-16(18)15-13-9-12(10(2)3)6-5-11(13)7-8-14(15)17/h7-8,11-13,15H,2,4-6,9H2,1,3H3/t11?,12-,13+,15-/m1/s1. The maximum atomic E-state index is 12.0. The third-order valence-electron chi connectivity index (χ3n) is 4.43. The van der Waals surface area contributed by atoms with Crippen molar-refractivity contribution in [1.29, 1.82) is 0 Å². The van der Waals surface area contributed by atoms with Crippen molar-refractivity contribution >= 4 is 11.8 Å². The predicted octanol–water partition coefficient (Wildman–Crippen LogP) is 2.91. The van der Waals surface area contributed by atoms with Gasteiger partial charge in [0.05, 0.1) is 6.61 Å². The highest BCUT2D eigenvalue weighted by Crippen LogP contribution is 2.44. The molecule has 0 N–H and O–H groups in total. The molecule has 104 valence electrons. The molecular weight excluding hydrogens is 240 g/mol. The highest BCUT2D eigenvalue weighted by atomic mass is 16.5. The lowest BCUT2D eigenvalue weighted by atomic mass is 9.64. The van der Waals surface area contributed by atoms with Gasteiger partial charge < -0.3 is 4.74 Å². The largest absolute Gasteiger partial charge is 0.465 e. The van der Waals surface area contributed by atoms with Gasteiger partial charge >= 0.3 is 5.97 Å². The summed E-state index contributed by atoms with van der Waals surface area (Å²) in [4.78, 5) is 24.1. The molecule has 2 aliphatic carbocycles. The van der Waals surface area contributed by atoms with E-state index in [1.807, 2.05) is 13.0 Å². The summed E-state index contributed by atoms with van der Waals surface area (Å²) in [5.74, 6) is -0.194. The molecule has 0 bridgehead atoms. The Hall–Kier alpha value is -1.38. The summed E-state index contributed by atoms with van der Waals surface area (Å²) >= 11 is 0. The van der Waals surface area contributed by atoms with Crippen molar-refractivity contribution < 1.29 is 14.3 Å². The fourth-order valence-corrected chi connectivity index (χ4v) is 3.35. The summed E-state index contributed by atoms with van der Waals surface area (Å²) in [5, 5.41) is 0. The van der Waals surface area contributed by atoms with Gasteiger partial charge in [0.25, 0.3) is 0 Å². The average Bonchev–Trinajstić information content (AvgIpc) is 2.37. The number of carbonyl (C=O) groups is 2. The van der Waals surface area contributed by atoms with Crippen LogP contribution in [0.3, 0.4) is 0 Å². The number of esters is 1. The molecule has 2 rings (SSSR count). The molecule has 0 amide bonds. The summed E-state index contributed by atoms with van der Waals surface area (Å²) < 4.78 is 5.08. The van der Waals surface area contributed by atoms with Crippen LogP contribution in [0.25, 0.3) is 0 Å². The number of hydrogen-bond donors (Lipinski definition) is 0. The Labute approximate surface area is 114 Å². The molecule has 0 aromatic rings. The summed E-state index contributed by atoms with van der Waals surface area (Å²) in [6.45, 7) is 8.16. The van der Waals surface area contributed by atoms with E-state index >= 15 is 0 Å². The van der Waals surface area contributed by atoms with E-state index in [-0.39, 0.29) is 17.7 Å². The molecule has 1 saturated carbocycles. The van der Waals surface area contributed by atoms with Gasteiger partial charge in [-0.3, -0.25) is 9.59 Å². The molecule has 3 heteroatoms. The quantitative estimate of drug-likeness (QED) is 0.446. The van der Waals surface area contributed by atoms with E-state index in [0.717, 1.165) is 24.8 Å². The fraction of sp³-hybridized carbons (Fsp3) is 0.625. The molecule has 4 atom stereocenters. The minimum atomic E-state index is -0.600. The van der Waals surface area contributed by atoms with E-state index in [1.54, 1.807) is 13.0 Å². The highest BCUT2D eigenvalue weighted by Gasteiger charge is 2.44. The Kier molecular flexibility index (Phi) is 4.23. The number of carbonyl (C=O) groups excluding carboxylic acids is 2. The van der Waals surface area contributed by atoms with Gasteiger partial charge in [-0.2, -0.15) is 0 Å². The zero-order valence-corrected chi connectivity index (χ0v) is 11.7. The molecule has 19 heavy (non-hydrogen) atoms. The van der Waals surface area contributed by atoms with Gasteiger partial charge in [-0.25, -0.2) is 0 Å². The van der Waals surface area contributed by atoms with E-state index < -0.39 is 5.92 Å². The van der Waals surface area contributed by atoms with Gasteiger partial charge in [0.1, 0.15) is 5.92 Å². The zero-order chi connectivity index (χ0) is 14.0. The Bertz CT molecular complexity index is 422. The van der Waals surface area contributed by atoms with E-state index in [4.69, 9.17) is 4.74 Å². The van der Waals surface area contributed by atoms with E-state index in [0.29, 0.717) is 18.4 Å². The molecule has 0 aromatic heterocycles. The van der Waals surface area contributed by atoms with Gasteiger partial charge in [-0.05, 0) is 56.9 Å². The van der Waals surface area contributed by atoms with Crippen LogP contribution in [0.2, 0.25) is 0 Å². The smallest absolute Gasteiger partial charge is 0.317 e. The number of ether oxygens (including phenoxy) is 1. The molecule has 0 aromatic carbocycles. The van der Waals surface area contributed by atoms with Crippen LogP contribution < -0.4 is 0 Å². The SMILES string of the molecule is C=C(C)[C@@H]1CCC2C=CC(=O)[C@H](C(=O)OCC)[C@H]2C1. The van der Waals surface area contributed by atoms with Gasteiger partial charge in [0.2, 0.25) is 0 Å². The molecule has 1 unspecified atom stereocenters. The fourth-order valence-electron chi connectivity index (χ4n) is 3.35. The van der Waals surface area contributed by atoms with Crippen molar-refractivity contribution in [3.63, 3.8) is 0 Å². The molecule has 3 nitrogen and oxygen atoms in total. The molecule has 0 spiro atoms.